The molecule has 140 valence electrons. The fraction of sp³-hybridized carbons (Fsp3) is 0.895. The summed E-state index contributed by atoms with van der Waals surface area (Å²) in [5.41, 5.74) is -0.376. The van der Waals surface area contributed by atoms with Crippen LogP contribution in [-0.2, 0) is 9.59 Å². The second kappa shape index (κ2) is 8.95. The van der Waals surface area contributed by atoms with Gasteiger partial charge in [0.25, 0.3) is 0 Å². The second-order valence-electron chi connectivity index (χ2n) is 8.93. The lowest BCUT2D eigenvalue weighted by Crippen LogP contribution is -2.49. The Morgan fingerprint density at radius 3 is 1.67 bits per heavy atom. The Kier molecular flexibility index (Phi) is 7.87. The average molecular weight is 340 g/mol. The van der Waals surface area contributed by atoms with Gasteiger partial charge in [-0.2, -0.15) is 0 Å². The van der Waals surface area contributed by atoms with Crippen molar-refractivity contribution in [3.05, 3.63) is 0 Å². The zero-order chi connectivity index (χ0) is 18.4. The Hall–Kier alpha value is -0.940. The van der Waals surface area contributed by atoms with Crippen LogP contribution in [0, 0.1) is 16.7 Å². The Labute approximate surface area is 147 Å². The first-order valence-corrected chi connectivity index (χ1v) is 9.28. The van der Waals surface area contributed by atoms with Crippen molar-refractivity contribution in [3.8, 4) is 0 Å². The summed E-state index contributed by atoms with van der Waals surface area (Å²) in [6.07, 6.45) is 2.05. The van der Waals surface area contributed by atoms with Gasteiger partial charge in [-0.3, -0.25) is 9.59 Å². The first kappa shape index (κ1) is 21.1. The number of hydrogen-bond acceptors (Lipinski definition) is 4. The smallest absolute Gasteiger partial charge is 0.228 e. The molecule has 0 aromatic heterocycles. The summed E-state index contributed by atoms with van der Waals surface area (Å²) >= 11 is 0. The highest BCUT2D eigenvalue weighted by Crippen LogP contribution is 2.25. The zero-order valence-corrected chi connectivity index (χ0v) is 16.5. The molecule has 2 heterocycles. The number of hydrogen-bond donors (Lipinski definition) is 2. The Morgan fingerprint density at radius 1 is 0.792 bits per heavy atom. The molecule has 2 aliphatic heterocycles. The summed E-state index contributed by atoms with van der Waals surface area (Å²) in [7, 11) is 0. The highest BCUT2D eigenvalue weighted by atomic mass is 16.2. The van der Waals surface area contributed by atoms with Gasteiger partial charge in [0.1, 0.15) is 5.78 Å². The SMILES string of the molecule is CC(C)(C)C(=O)C1CCNCC1.CC(C)(C)C(=O)N1CCNCC1. The van der Waals surface area contributed by atoms with Gasteiger partial charge < -0.3 is 15.5 Å². The van der Waals surface area contributed by atoms with Crippen LogP contribution >= 0.6 is 0 Å². The summed E-state index contributed by atoms with van der Waals surface area (Å²) in [4.78, 5) is 25.5. The molecule has 5 heteroatoms. The van der Waals surface area contributed by atoms with Crippen molar-refractivity contribution in [1.82, 2.24) is 15.5 Å². The van der Waals surface area contributed by atoms with Crippen molar-refractivity contribution >= 4 is 11.7 Å². The molecule has 0 aliphatic carbocycles. The fourth-order valence-corrected chi connectivity index (χ4v) is 3.04. The van der Waals surface area contributed by atoms with Crippen LogP contribution in [0.1, 0.15) is 54.4 Å². The number of ketones is 1. The van der Waals surface area contributed by atoms with Crippen molar-refractivity contribution in [2.24, 2.45) is 16.7 Å². The van der Waals surface area contributed by atoms with Crippen LogP contribution in [0.3, 0.4) is 0 Å². The third-order valence-electron chi connectivity index (χ3n) is 4.49. The minimum Gasteiger partial charge on any atom is -0.340 e. The number of amides is 1. The first-order valence-electron chi connectivity index (χ1n) is 9.28. The maximum absolute atomic E-state index is 11.8. The van der Waals surface area contributed by atoms with Crippen LogP contribution in [0.25, 0.3) is 0 Å². The number of piperidine rings is 1. The number of rotatable bonds is 1. The van der Waals surface area contributed by atoms with Gasteiger partial charge in [-0.05, 0) is 25.9 Å². The van der Waals surface area contributed by atoms with E-state index in [1.807, 2.05) is 46.4 Å². The molecule has 0 atom stereocenters. The molecule has 5 nitrogen and oxygen atoms in total. The quantitative estimate of drug-likeness (QED) is 0.768. The van der Waals surface area contributed by atoms with E-state index in [1.165, 1.54) is 0 Å². The van der Waals surface area contributed by atoms with E-state index < -0.39 is 0 Å². The van der Waals surface area contributed by atoms with Crippen LogP contribution in [0.2, 0.25) is 0 Å². The van der Waals surface area contributed by atoms with E-state index in [9.17, 15) is 9.59 Å². The van der Waals surface area contributed by atoms with Gasteiger partial charge in [-0.1, -0.05) is 41.5 Å². The Bertz CT molecular complexity index is 369. The van der Waals surface area contributed by atoms with E-state index >= 15 is 0 Å². The van der Waals surface area contributed by atoms with Crippen LogP contribution in [-0.4, -0.2) is 55.9 Å². The number of nitrogens with zero attached hydrogens (tertiary/aromatic N) is 1. The van der Waals surface area contributed by atoms with E-state index in [0.29, 0.717) is 11.7 Å². The molecule has 0 radical (unpaired) electrons. The van der Waals surface area contributed by atoms with Gasteiger partial charge in [0.15, 0.2) is 0 Å². The van der Waals surface area contributed by atoms with Crippen molar-refractivity contribution in [2.75, 3.05) is 39.3 Å². The molecule has 2 aliphatic rings. The third kappa shape index (κ3) is 6.89. The van der Waals surface area contributed by atoms with Crippen molar-refractivity contribution in [2.45, 2.75) is 54.4 Å². The van der Waals surface area contributed by atoms with Crippen LogP contribution in [0.15, 0.2) is 0 Å². The maximum Gasteiger partial charge on any atom is 0.228 e. The molecule has 2 saturated heterocycles. The molecular formula is C19H37N3O2. The molecular weight excluding hydrogens is 302 g/mol. The molecule has 2 rings (SSSR count). The molecule has 0 aromatic rings. The molecule has 1 amide bonds. The predicted molar refractivity (Wildman–Crippen MR) is 99.0 cm³/mol. The average Bonchev–Trinajstić information content (AvgIpc) is 2.54. The van der Waals surface area contributed by atoms with Gasteiger partial charge in [-0.25, -0.2) is 0 Å². The van der Waals surface area contributed by atoms with Gasteiger partial charge in [0, 0.05) is 42.9 Å². The number of nitrogens with one attached hydrogen (secondary N) is 2. The van der Waals surface area contributed by atoms with Gasteiger partial charge in [0.2, 0.25) is 5.91 Å². The van der Waals surface area contributed by atoms with E-state index in [4.69, 9.17) is 0 Å². The third-order valence-corrected chi connectivity index (χ3v) is 4.49. The maximum atomic E-state index is 11.8. The summed E-state index contributed by atoms with van der Waals surface area (Å²) in [5.74, 6) is 1.01. The molecule has 0 aromatic carbocycles. The molecule has 2 N–H and O–H groups in total. The van der Waals surface area contributed by atoms with Crippen LogP contribution < -0.4 is 10.6 Å². The van der Waals surface area contributed by atoms with Crippen molar-refractivity contribution in [3.63, 3.8) is 0 Å². The summed E-state index contributed by atoms with van der Waals surface area (Å²) < 4.78 is 0. The molecule has 0 unspecified atom stereocenters. The minimum absolute atomic E-state index is 0.151. The highest BCUT2D eigenvalue weighted by Gasteiger charge is 2.30. The zero-order valence-electron chi connectivity index (χ0n) is 16.5. The monoisotopic (exact) mass is 339 g/mol. The molecule has 2 fully saturated rings. The summed E-state index contributed by atoms with van der Waals surface area (Å²) in [5, 5.41) is 6.50. The number of Topliss-reactive ketones (excluding diaryl/α,β-unsaturated/α-hetero) is 1. The molecule has 0 spiro atoms. The lowest BCUT2D eigenvalue weighted by atomic mass is 9.79. The van der Waals surface area contributed by atoms with Gasteiger partial charge in [-0.15, -0.1) is 0 Å². The van der Waals surface area contributed by atoms with E-state index in [1.54, 1.807) is 0 Å². The second-order valence-corrected chi connectivity index (χ2v) is 8.93. The standard InChI is InChI=1S/C10H19NO.C9H18N2O/c1-10(2,3)9(12)8-4-6-11-7-5-8;1-9(2,3)8(12)11-6-4-10-5-7-11/h8,11H,4-7H2,1-3H3;10H,4-7H2,1-3H3. The topological polar surface area (TPSA) is 61.4 Å². The number of carbonyl (C=O) groups is 2. The summed E-state index contributed by atoms with van der Waals surface area (Å²) in [6, 6.07) is 0. The van der Waals surface area contributed by atoms with Crippen LogP contribution in [0.5, 0.6) is 0 Å². The Morgan fingerprint density at radius 2 is 1.25 bits per heavy atom. The van der Waals surface area contributed by atoms with Gasteiger partial charge >= 0.3 is 0 Å². The predicted octanol–water partition coefficient (Wildman–Crippen LogP) is 2.07. The number of carbonyl (C=O) groups excluding carboxylic acids is 2. The van der Waals surface area contributed by atoms with Crippen molar-refractivity contribution < 1.29 is 9.59 Å². The highest BCUT2D eigenvalue weighted by molar-refractivity contribution is 5.86. The minimum atomic E-state index is -0.225. The van der Waals surface area contributed by atoms with E-state index in [2.05, 4.69) is 10.6 Å². The molecule has 0 bridgehead atoms. The van der Waals surface area contributed by atoms with Crippen LogP contribution in [0.4, 0.5) is 0 Å². The summed E-state index contributed by atoms with van der Waals surface area (Å²) in [6.45, 7) is 17.5. The van der Waals surface area contributed by atoms with Crippen molar-refractivity contribution in [1.29, 1.82) is 0 Å². The lowest BCUT2D eigenvalue weighted by Gasteiger charge is -2.32. The molecule has 0 saturated carbocycles. The largest absolute Gasteiger partial charge is 0.340 e. The van der Waals surface area contributed by atoms with Gasteiger partial charge in [0.05, 0.1) is 0 Å². The Balaban J connectivity index is 0.000000240. The first-order chi connectivity index (χ1) is 11.0. The molecule has 24 heavy (non-hydrogen) atoms. The lowest BCUT2D eigenvalue weighted by molar-refractivity contribution is -0.140. The normalized spacial score (nSPS) is 20.2. The fourth-order valence-electron chi connectivity index (χ4n) is 3.04. The van der Waals surface area contributed by atoms with E-state index in [-0.39, 0.29) is 16.7 Å². The van der Waals surface area contributed by atoms with E-state index in [0.717, 1.165) is 52.1 Å². The number of piperazine rings is 1.